The van der Waals surface area contributed by atoms with E-state index in [9.17, 15) is 14.5 Å². The lowest BCUT2D eigenvalue weighted by molar-refractivity contribution is -0.387. The number of nitrogens with zero attached hydrogens (tertiary/aromatic N) is 1. The van der Waals surface area contributed by atoms with E-state index < -0.39 is 16.4 Å². The summed E-state index contributed by atoms with van der Waals surface area (Å²) >= 11 is 5.39. The first kappa shape index (κ1) is 10.7. The molecule has 0 atom stereocenters. The number of hydrogen-bond donors (Lipinski definition) is 0. The van der Waals surface area contributed by atoms with E-state index >= 15 is 0 Å². The summed E-state index contributed by atoms with van der Waals surface area (Å²) in [4.78, 5) is 9.61. The topological polar surface area (TPSA) is 43.1 Å². The molecule has 1 rings (SSSR count). The third kappa shape index (κ3) is 2.53. The molecule has 0 N–H and O–H groups in total. The van der Waals surface area contributed by atoms with Crippen LogP contribution in [-0.4, -0.2) is 10.8 Å². The van der Waals surface area contributed by atoms with Crippen molar-refractivity contribution in [1.82, 2.24) is 0 Å². The van der Waals surface area contributed by atoms with Gasteiger partial charge in [-0.15, -0.1) is 11.6 Å². The fraction of sp³-hybridized carbons (Fsp3) is 0.111. The number of nitro benzene ring substituents is 1. The molecule has 74 valence electrons. The fourth-order valence-electron chi connectivity index (χ4n) is 0.954. The highest BCUT2D eigenvalue weighted by Crippen LogP contribution is 2.19. The van der Waals surface area contributed by atoms with Gasteiger partial charge in [-0.05, 0) is 11.6 Å². The summed E-state index contributed by atoms with van der Waals surface area (Å²) in [6.07, 6.45) is 3.22. The van der Waals surface area contributed by atoms with E-state index in [1.165, 1.54) is 12.1 Å². The zero-order chi connectivity index (χ0) is 10.6. The first-order chi connectivity index (χ1) is 6.65. The molecule has 5 heteroatoms. The van der Waals surface area contributed by atoms with Crippen LogP contribution < -0.4 is 0 Å². The second-order valence-electron chi connectivity index (χ2n) is 2.52. The summed E-state index contributed by atoms with van der Waals surface area (Å²) in [6, 6.07) is 3.68. The van der Waals surface area contributed by atoms with Crippen molar-refractivity contribution in [3.63, 3.8) is 0 Å². The Balaban J connectivity index is 3.06. The third-order valence-electron chi connectivity index (χ3n) is 1.57. The van der Waals surface area contributed by atoms with Crippen LogP contribution >= 0.6 is 11.6 Å². The van der Waals surface area contributed by atoms with E-state index in [0.717, 1.165) is 6.07 Å². The number of allylic oxidation sites excluding steroid dienone is 1. The fourth-order valence-corrected chi connectivity index (χ4v) is 1.04. The maximum Gasteiger partial charge on any atom is 0.305 e. The van der Waals surface area contributed by atoms with E-state index in [0.29, 0.717) is 11.4 Å². The lowest BCUT2D eigenvalue weighted by atomic mass is 10.2. The maximum absolute atomic E-state index is 12.9. The molecule has 0 aliphatic heterocycles. The van der Waals surface area contributed by atoms with Crippen LogP contribution in [0.3, 0.4) is 0 Å². The molecule has 0 bridgehead atoms. The predicted octanol–water partition coefficient (Wildman–Crippen LogP) is 2.99. The molecule has 0 saturated heterocycles. The molecule has 0 amide bonds. The summed E-state index contributed by atoms with van der Waals surface area (Å²) in [6.45, 7) is 0. The van der Waals surface area contributed by atoms with Crippen molar-refractivity contribution in [3.8, 4) is 0 Å². The summed E-state index contributed by atoms with van der Waals surface area (Å²) in [5, 5.41) is 10.4. The number of benzene rings is 1. The van der Waals surface area contributed by atoms with Gasteiger partial charge in [0.1, 0.15) is 0 Å². The minimum absolute atomic E-state index is 0.311. The first-order valence-electron chi connectivity index (χ1n) is 3.81. The average molecular weight is 216 g/mol. The Bertz CT molecular complexity index is 379. The van der Waals surface area contributed by atoms with Gasteiger partial charge in [0.15, 0.2) is 0 Å². The molecule has 0 aliphatic carbocycles. The molecule has 3 nitrogen and oxygen atoms in total. The summed E-state index contributed by atoms with van der Waals surface area (Å²) in [5.74, 6) is -0.524. The molecular weight excluding hydrogens is 209 g/mol. The molecule has 0 unspecified atom stereocenters. The number of alkyl halides is 1. The average Bonchev–Trinajstić information content (AvgIpc) is 2.16. The molecule has 0 spiro atoms. The SMILES string of the molecule is O=[N+]([O-])c1cc(C=CCCl)ccc1F. The van der Waals surface area contributed by atoms with Crippen LogP contribution in [0.25, 0.3) is 6.08 Å². The maximum atomic E-state index is 12.9. The van der Waals surface area contributed by atoms with Gasteiger partial charge >= 0.3 is 5.69 Å². The highest BCUT2D eigenvalue weighted by molar-refractivity contribution is 6.19. The minimum Gasteiger partial charge on any atom is -0.258 e. The van der Waals surface area contributed by atoms with Gasteiger partial charge in [-0.1, -0.05) is 18.2 Å². The Morgan fingerprint density at radius 3 is 2.86 bits per heavy atom. The highest BCUT2D eigenvalue weighted by Gasteiger charge is 2.12. The van der Waals surface area contributed by atoms with Gasteiger partial charge in [0, 0.05) is 11.9 Å². The van der Waals surface area contributed by atoms with Crippen molar-refractivity contribution >= 4 is 23.4 Å². The molecule has 0 aromatic heterocycles. The molecule has 1 aromatic carbocycles. The van der Waals surface area contributed by atoms with Crippen molar-refractivity contribution in [1.29, 1.82) is 0 Å². The standard InChI is InChI=1S/C9H7ClFNO2/c10-5-1-2-7-3-4-8(11)9(6-7)12(13)14/h1-4,6H,5H2. The van der Waals surface area contributed by atoms with Crippen LogP contribution in [0.1, 0.15) is 5.56 Å². The lowest BCUT2D eigenvalue weighted by Gasteiger charge is -1.95. The normalized spacial score (nSPS) is 10.7. The molecule has 0 heterocycles. The lowest BCUT2D eigenvalue weighted by Crippen LogP contribution is -1.92. The van der Waals surface area contributed by atoms with E-state index in [-0.39, 0.29) is 0 Å². The molecule has 14 heavy (non-hydrogen) atoms. The Morgan fingerprint density at radius 2 is 2.29 bits per heavy atom. The van der Waals surface area contributed by atoms with Gasteiger partial charge in [-0.25, -0.2) is 0 Å². The van der Waals surface area contributed by atoms with Crippen LogP contribution in [0.2, 0.25) is 0 Å². The number of rotatable bonds is 3. The first-order valence-corrected chi connectivity index (χ1v) is 4.35. The molecule has 0 radical (unpaired) electrons. The molecule has 0 fully saturated rings. The number of hydrogen-bond acceptors (Lipinski definition) is 2. The smallest absolute Gasteiger partial charge is 0.258 e. The van der Waals surface area contributed by atoms with Gasteiger partial charge in [0.25, 0.3) is 0 Å². The van der Waals surface area contributed by atoms with E-state index in [1.54, 1.807) is 12.2 Å². The minimum atomic E-state index is -0.835. The van der Waals surface area contributed by atoms with E-state index in [4.69, 9.17) is 11.6 Å². The third-order valence-corrected chi connectivity index (χ3v) is 1.74. The monoisotopic (exact) mass is 215 g/mol. The molecular formula is C9H7ClFNO2. The van der Waals surface area contributed by atoms with Crippen molar-refractivity contribution in [2.75, 3.05) is 5.88 Å². The Morgan fingerprint density at radius 1 is 1.57 bits per heavy atom. The van der Waals surface area contributed by atoms with Gasteiger partial charge < -0.3 is 0 Å². The van der Waals surface area contributed by atoms with Crippen molar-refractivity contribution in [2.24, 2.45) is 0 Å². The number of halogens is 2. The quantitative estimate of drug-likeness (QED) is 0.442. The summed E-state index contributed by atoms with van der Waals surface area (Å²) < 4.78 is 12.9. The molecule has 0 aliphatic rings. The zero-order valence-corrected chi connectivity index (χ0v) is 7.87. The van der Waals surface area contributed by atoms with Gasteiger partial charge in [-0.3, -0.25) is 10.1 Å². The van der Waals surface area contributed by atoms with Crippen LogP contribution in [0.4, 0.5) is 10.1 Å². The van der Waals surface area contributed by atoms with Crippen LogP contribution in [0.5, 0.6) is 0 Å². The Hall–Kier alpha value is -1.42. The van der Waals surface area contributed by atoms with Crippen LogP contribution in [0.15, 0.2) is 24.3 Å². The van der Waals surface area contributed by atoms with Crippen molar-refractivity contribution in [2.45, 2.75) is 0 Å². The Labute approximate surface area is 85.0 Å². The molecule has 0 saturated carbocycles. The van der Waals surface area contributed by atoms with Gasteiger partial charge in [0.2, 0.25) is 5.82 Å². The van der Waals surface area contributed by atoms with Gasteiger partial charge in [-0.2, -0.15) is 4.39 Å². The molecule has 1 aromatic rings. The highest BCUT2D eigenvalue weighted by atomic mass is 35.5. The van der Waals surface area contributed by atoms with Gasteiger partial charge in [0.05, 0.1) is 4.92 Å². The van der Waals surface area contributed by atoms with E-state index in [2.05, 4.69) is 0 Å². The predicted molar refractivity (Wildman–Crippen MR) is 52.8 cm³/mol. The van der Waals surface area contributed by atoms with E-state index in [1.807, 2.05) is 0 Å². The van der Waals surface area contributed by atoms with Crippen LogP contribution in [-0.2, 0) is 0 Å². The second-order valence-corrected chi connectivity index (χ2v) is 2.83. The summed E-state index contributed by atoms with van der Waals surface area (Å²) in [5.41, 5.74) is 0.0282. The Kier molecular flexibility index (Phi) is 3.59. The van der Waals surface area contributed by atoms with Crippen molar-refractivity contribution in [3.05, 3.63) is 45.8 Å². The second kappa shape index (κ2) is 4.72. The van der Waals surface area contributed by atoms with Crippen LogP contribution in [0, 0.1) is 15.9 Å². The zero-order valence-electron chi connectivity index (χ0n) is 7.11. The number of nitro groups is 1. The largest absolute Gasteiger partial charge is 0.305 e. The summed E-state index contributed by atoms with van der Waals surface area (Å²) in [7, 11) is 0. The van der Waals surface area contributed by atoms with Crippen molar-refractivity contribution < 1.29 is 9.31 Å².